The molecule has 0 aliphatic carbocycles. The van der Waals surface area contributed by atoms with Crippen LogP contribution in [0, 0.1) is 0 Å². The Morgan fingerprint density at radius 1 is 1.14 bits per heavy atom. The van der Waals surface area contributed by atoms with E-state index in [2.05, 4.69) is 25.0 Å². The maximum absolute atomic E-state index is 11.3. The molecule has 2 aromatic heterocycles. The molecule has 0 bridgehead atoms. The van der Waals surface area contributed by atoms with Gasteiger partial charge in [0.25, 0.3) is 0 Å². The highest BCUT2D eigenvalue weighted by Crippen LogP contribution is 2.30. The van der Waals surface area contributed by atoms with Crippen LogP contribution in [0.4, 0.5) is 16.2 Å². The minimum Gasteiger partial charge on any atom is -0.453 e. The topological polar surface area (TPSA) is 106 Å². The molecule has 2 aromatic carbocycles. The summed E-state index contributed by atoms with van der Waals surface area (Å²) in [6.07, 6.45) is 1.23. The molecule has 0 aliphatic rings. The van der Waals surface area contributed by atoms with Crippen molar-refractivity contribution in [2.45, 2.75) is 0 Å². The molecule has 0 spiro atoms. The van der Waals surface area contributed by atoms with Crippen molar-refractivity contribution < 1.29 is 9.53 Å². The van der Waals surface area contributed by atoms with Crippen molar-refractivity contribution in [3.05, 3.63) is 59.8 Å². The van der Waals surface area contributed by atoms with Crippen LogP contribution in [0.25, 0.3) is 33.7 Å². The highest BCUT2D eigenvalue weighted by Gasteiger charge is 2.11. The number of nitrogens with one attached hydrogen (secondary N) is 2. The monoisotopic (exact) mass is 393 g/mol. The molecule has 1 amide bonds. The third-order valence-electron chi connectivity index (χ3n) is 4.23. The zero-order valence-corrected chi connectivity index (χ0v) is 15.6. The molecule has 4 aromatic rings. The number of imidazole rings is 1. The van der Waals surface area contributed by atoms with E-state index in [1.54, 1.807) is 36.5 Å². The molecule has 4 N–H and O–H groups in total. The summed E-state index contributed by atoms with van der Waals surface area (Å²) in [5, 5.41) is 3.17. The summed E-state index contributed by atoms with van der Waals surface area (Å²) in [4.78, 5) is 23.5. The van der Waals surface area contributed by atoms with Crippen LogP contribution in [0.2, 0.25) is 5.02 Å². The van der Waals surface area contributed by atoms with Gasteiger partial charge in [-0.1, -0.05) is 23.7 Å². The number of aromatic amines is 1. The van der Waals surface area contributed by atoms with Crippen LogP contribution < -0.4 is 11.1 Å². The lowest BCUT2D eigenvalue weighted by Crippen LogP contribution is -2.10. The number of H-pyrrole nitrogens is 1. The Hall–Kier alpha value is -3.58. The Kier molecular flexibility index (Phi) is 4.58. The molecule has 2 heterocycles. The number of pyridine rings is 1. The normalized spacial score (nSPS) is 10.8. The third-order valence-corrected chi connectivity index (χ3v) is 4.56. The molecule has 0 saturated carbocycles. The number of carbonyl (C=O) groups excluding carboxylic acids is 1. The van der Waals surface area contributed by atoms with E-state index < -0.39 is 6.09 Å². The van der Waals surface area contributed by atoms with Gasteiger partial charge in [-0.3, -0.25) is 5.32 Å². The summed E-state index contributed by atoms with van der Waals surface area (Å²) < 4.78 is 4.58. The molecule has 0 aliphatic heterocycles. The number of carbonyl (C=O) groups is 1. The minimum absolute atomic E-state index is 0.513. The summed E-state index contributed by atoms with van der Waals surface area (Å²) in [6.45, 7) is 0. The lowest BCUT2D eigenvalue weighted by Gasteiger charge is -2.05. The van der Waals surface area contributed by atoms with Gasteiger partial charge in [0.05, 0.1) is 17.6 Å². The number of benzene rings is 2. The SMILES string of the molecule is COC(=O)Nc1ccc(-c2cnc3nc(-c4cc(N)ccc4Cl)[nH]c3c2)cc1. The largest absolute Gasteiger partial charge is 0.453 e. The zero-order valence-electron chi connectivity index (χ0n) is 14.9. The molecular weight excluding hydrogens is 378 g/mol. The second-order valence-electron chi connectivity index (χ2n) is 6.11. The van der Waals surface area contributed by atoms with E-state index in [0.29, 0.717) is 27.9 Å². The number of nitrogens with zero attached hydrogens (tertiary/aromatic N) is 2. The van der Waals surface area contributed by atoms with Gasteiger partial charge in [-0.05, 0) is 42.0 Å². The van der Waals surface area contributed by atoms with Gasteiger partial charge in [0.15, 0.2) is 5.65 Å². The molecule has 8 heteroatoms. The number of aromatic nitrogens is 3. The predicted octanol–water partition coefficient (Wildman–Crippen LogP) is 4.71. The van der Waals surface area contributed by atoms with E-state index in [0.717, 1.165) is 22.2 Å². The number of rotatable bonds is 3. The fraction of sp³-hybridized carbons (Fsp3) is 0.0500. The first-order valence-electron chi connectivity index (χ1n) is 8.40. The van der Waals surface area contributed by atoms with Crippen LogP contribution in [-0.2, 0) is 4.74 Å². The second-order valence-corrected chi connectivity index (χ2v) is 6.52. The van der Waals surface area contributed by atoms with Gasteiger partial charge >= 0.3 is 6.09 Å². The number of nitrogen functional groups attached to an aromatic ring is 1. The molecule has 140 valence electrons. The molecule has 0 saturated heterocycles. The van der Waals surface area contributed by atoms with Crippen LogP contribution in [0.3, 0.4) is 0 Å². The summed E-state index contributed by atoms with van der Waals surface area (Å²) in [5.41, 5.74) is 11.1. The van der Waals surface area contributed by atoms with Crippen LogP contribution in [0.1, 0.15) is 0 Å². The Morgan fingerprint density at radius 3 is 2.68 bits per heavy atom. The molecule has 0 radical (unpaired) electrons. The van der Waals surface area contributed by atoms with Gasteiger partial charge in [0.1, 0.15) is 5.82 Å². The van der Waals surface area contributed by atoms with Crippen molar-refractivity contribution in [2.75, 3.05) is 18.2 Å². The summed E-state index contributed by atoms with van der Waals surface area (Å²) in [7, 11) is 1.32. The predicted molar refractivity (Wildman–Crippen MR) is 110 cm³/mol. The molecule has 0 unspecified atom stereocenters. The first-order valence-corrected chi connectivity index (χ1v) is 8.78. The quantitative estimate of drug-likeness (QED) is 0.437. The maximum atomic E-state index is 11.3. The Balaban J connectivity index is 1.66. The van der Waals surface area contributed by atoms with E-state index in [1.807, 2.05) is 18.2 Å². The number of hydrogen-bond acceptors (Lipinski definition) is 5. The van der Waals surface area contributed by atoms with Crippen molar-refractivity contribution in [1.29, 1.82) is 0 Å². The van der Waals surface area contributed by atoms with Gasteiger partial charge in [-0.2, -0.15) is 0 Å². The van der Waals surface area contributed by atoms with E-state index in [-0.39, 0.29) is 0 Å². The minimum atomic E-state index is -0.513. The number of halogens is 1. The Bertz CT molecular complexity index is 1170. The summed E-state index contributed by atoms with van der Waals surface area (Å²) in [5.74, 6) is 0.606. The lowest BCUT2D eigenvalue weighted by atomic mass is 10.1. The fourth-order valence-electron chi connectivity index (χ4n) is 2.82. The van der Waals surface area contributed by atoms with Crippen molar-refractivity contribution >= 4 is 40.2 Å². The molecule has 4 rings (SSSR count). The van der Waals surface area contributed by atoms with Crippen molar-refractivity contribution in [1.82, 2.24) is 15.0 Å². The summed E-state index contributed by atoms with van der Waals surface area (Å²) in [6, 6.07) is 14.6. The fourth-order valence-corrected chi connectivity index (χ4v) is 3.03. The molecular formula is C20H16ClN5O2. The Morgan fingerprint density at radius 2 is 1.93 bits per heavy atom. The standard InChI is InChI=1S/C20H16ClN5O2/c1-28-20(27)24-14-5-2-11(3-6-14)12-8-17-19(23-10-12)26-18(25-17)15-9-13(22)4-7-16(15)21/h2-10H,22H2,1H3,(H,24,27)(H,23,25,26). The van der Waals surface area contributed by atoms with Gasteiger partial charge in [0.2, 0.25) is 0 Å². The molecule has 0 atom stereocenters. The van der Waals surface area contributed by atoms with Crippen molar-refractivity contribution in [3.63, 3.8) is 0 Å². The second kappa shape index (κ2) is 7.21. The number of ether oxygens (including phenoxy) is 1. The van der Waals surface area contributed by atoms with Gasteiger partial charge in [0, 0.05) is 28.7 Å². The third kappa shape index (κ3) is 3.47. The molecule has 28 heavy (non-hydrogen) atoms. The number of anilines is 2. The molecule has 7 nitrogen and oxygen atoms in total. The van der Waals surface area contributed by atoms with Gasteiger partial charge in [-0.15, -0.1) is 0 Å². The number of nitrogens with two attached hydrogens (primary N) is 1. The van der Waals surface area contributed by atoms with E-state index in [1.165, 1.54) is 7.11 Å². The maximum Gasteiger partial charge on any atom is 0.411 e. The number of methoxy groups -OCH3 is 1. The zero-order chi connectivity index (χ0) is 19.7. The smallest absolute Gasteiger partial charge is 0.411 e. The first kappa shape index (κ1) is 17.8. The average molecular weight is 394 g/mol. The number of amides is 1. The van der Waals surface area contributed by atoms with E-state index in [4.69, 9.17) is 17.3 Å². The summed E-state index contributed by atoms with van der Waals surface area (Å²) >= 11 is 6.27. The van der Waals surface area contributed by atoms with Crippen molar-refractivity contribution in [2.24, 2.45) is 0 Å². The highest BCUT2D eigenvalue weighted by atomic mass is 35.5. The van der Waals surface area contributed by atoms with Gasteiger partial charge in [-0.25, -0.2) is 14.8 Å². The van der Waals surface area contributed by atoms with Crippen LogP contribution in [0.5, 0.6) is 0 Å². The van der Waals surface area contributed by atoms with E-state index >= 15 is 0 Å². The average Bonchev–Trinajstić information content (AvgIpc) is 3.13. The highest BCUT2D eigenvalue weighted by molar-refractivity contribution is 6.33. The van der Waals surface area contributed by atoms with Crippen LogP contribution in [-0.4, -0.2) is 28.2 Å². The number of fused-ring (bicyclic) bond motifs is 1. The lowest BCUT2D eigenvalue weighted by molar-refractivity contribution is 0.187. The van der Waals surface area contributed by atoms with Crippen LogP contribution in [0.15, 0.2) is 54.7 Å². The Labute approximate surface area is 165 Å². The first-order chi connectivity index (χ1) is 13.5. The van der Waals surface area contributed by atoms with Crippen LogP contribution >= 0.6 is 11.6 Å². The van der Waals surface area contributed by atoms with Crippen molar-refractivity contribution in [3.8, 4) is 22.5 Å². The van der Waals surface area contributed by atoms with E-state index in [9.17, 15) is 4.79 Å². The number of hydrogen-bond donors (Lipinski definition) is 3. The molecule has 0 fully saturated rings. The van der Waals surface area contributed by atoms with Gasteiger partial charge < -0.3 is 15.5 Å².